The van der Waals surface area contributed by atoms with Gasteiger partial charge in [0, 0.05) is 34.9 Å². The molecule has 25 heavy (non-hydrogen) atoms. The fraction of sp³-hybridized carbons (Fsp3) is 0.857. The third-order valence-corrected chi connectivity index (χ3v) is 7.68. The quantitative estimate of drug-likeness (QED) is 0.663. The van der Waals surface area contributed by atoms with Gasteiger partial charge in [-0.15, -0.1) is 11.6 Å². The smallest absolute Gasteiger partial charge is 0.141 e. The predicted octanol–water partition coefficient (Wildman–Crippen LogP) is 5.34. The summed E-state index contributed by atoms with van der Waals surface area (Å²) in [5.74, 6) is 3.18. The zero-order valence-electron chi connectivity index (χ0n) is 16.2. The van der Waals surface area contributed by atoms with Gasteiger partial charge in [0.2, 0.25) is 0 Å². The second kappa shape index (κ2) is 6.56. The molecule has 2 bridgehead atoms. The van der Waals surface area contributed by atoms with E-state index < -0.39 is 0 Å². The normalized spacial score (nSPS) is 39.7. The van der Waals surface area contributed by atoms with Crippen LogP contribution >= 0.6 is 11.6 Å². The Kier molecular flexibility index (Phi) is 4.69. The van der Waals surface area contributed by atoms with Crippen LogP contribution in [0.5, 0.6) is 0 Å². The molecule has 3 aliphatic rings. The highest BCUT2D eigenvalue weighted by molar-refractivity contribution is 6.20. The number of piperidine rings is 1. The van der Waals surface area contributed by atoms with Gasteiger partial charge in [0.25, 0.3) is 0 Å². The molecule has 0 N–H and O–H groups in total. The summed E-state index contributed by atoms with van der Waals surface area (Å²) in [6, 6.07) is 3.65. The van der Waals surface area contributed by atoms with Gasteiger partial charge in [0.1, 0.15) is 5.76 Å². The second-order valence-electron chi connectivity index (χ2n) is 9.77. The van der Waals surface area contributed by atoms with Crippen LogP contribution in [0.2, 0.25) is 0 Å². The molecule has 4 atom stereocenters. The Hall–Kier alpha value is -0.540. The number of nitrogens with zero attached hydrogens (tertiary/aromatic N) is 2. The fourth-order valence-corrected chi connectivity index (χ4v) is 5.95. The molecule has 2 aliphatic heterocycles. The van der Waals surface area contributed by atoms with E-state index >= 15 is 0 Å². The first-order valence-corrected chi connectivity index (χ1v) is 10.6. The van der Waals surface area contributed by atoms with Crippen molar-refractivity contribution in [3.8, 4) is 0 Å². The van der Waals surface area contributed by atoms with Crippen LogP contribution in [0.3, 0.4) is 0 Å². The Labute approximate surface area is 157 Å². The predicted molar refractivity (Wildman–Crippen MR) is 102 cm³/mol. The van der Waals surface area contributed by atoms with E-state index in [-0.39, 0.29) is 5.41 Å². The van der Waals surface area contributed by atoms with Gasteiger partial charge in [0.15, 0.2) is 0 Å². The molecule has 140 valence electrons. The lowest BCUT2D eigenvalue weighted by molar-refractivity contribution is 0.0519. The lowest BCUT2D eigenvalue weighted by Crippen LogP contribution is -2.47. The number of likely N-dealkylation sites (N-methyl/N-ethyl adjacent to an activating group) is 1. The Morgan fingerprint density at radius 1 is 1.12 bits per heavy atom. The third-order valence-electron chi connectivity index (χ3n) is 7.25. The summed E-state index contributed by atoms with van der Waals surface area (Å²) in [6.07, 6.45) is 8.92. The van der Waals surface area contributed by atoms with E-state index in [1.165, 1.54) is 44.9 Å². The molecule has 3 fully saturated rings. The summed E-state index contributed by atoms with van der Waals surface area (Å²) in [5.41, 5.74) is 1.14. The van der Waals surface area contributed by atoms with E-state index in [4.69, 9.17) is 16.1 Å². The van der Waals surface area contributed by atoms with Crippen molar-refractivity contribution in [1.82, 2.24) is 10.1 Å². The zero-order chi connectivity index (χ0) is 17.8. The monoisotopic (exact) mass is 364 g/mol. The number of rotatable bonds is 2. The molecule has 0 radical (unpaired) electrons. The summed E-state index contributed by atoms with van der Waals surface area (Å²) < 4.78 is 5.97. The van der Waals surface area contributed by atoms with E-state index in [1.807, 2.05) is 0 Å². The number of hydrogen-bond acceptors (Lipinski definition) is 3. The molecule has 1 aromatic heterocycles. The van der Waals surface area contributed by atoms with Crippen molar-refractivity contribution in [2.75, 3.05) is 7.05 Å². The van der Waals surface area contributed by atoms with Crippen LogP contribution in [0.4, 0.5) is 0 Å². The minimum absolute atomic E-state index is 0.0483. The van der Waals surface area contributed by atoms with E-state index in [1.54, 1.807) is 0 Å². The van der Waals surface area contributed by atoms with Gasteiger partial charge >= 0.3 is 0 Å². The summed E-state index contributed by atoms with van der Waals surface area (Å²) in [7, 11) is 2.32. The summed E-state index contributed by atoms with van der Waals surface area (Å²) in [4.78, 5) is 2.63. The fourth-order valence-electron chi connectivity index (χ4n) is 5.70. The van der Waals surface area contributed by atoms with Gasteiger partial charge < -0.3 is 4.52 Å². The van der Waals surface area contributed by atoms with Crippen LogP contribution in [-0.2, 0) is 5.41 Å². The average Bonchev–Trinajstić information content (AvgIpc) is 3.12. The summed E-state index contributed by atoms with van der Waals surface area (Å²) in [6.45, 7) is 6.64. The molecular formula is C21H33ClN2O. The minimum Gasteiger partial charge on any atom is -0.361 e. The highest BCUT2D eigenvalue weighted by atomic mass is 35.5. The number of aromatic nitrogens is 1. The van der Waals surface area contributed by atoms with E-state index in [0.717, 1.165) is 29.3 Å². The highest BCUT2D eigenvalue weighted by Gasteiger charge is 2.50. The standard InChI is InChI=1S/C21H33ClN2O/c1-21(2,3)19-12-18(25-23-19)20-16(13-5-7-14(22)8-6-13)11-15-9-10-17(20)24(15)4/h12-17,20H,5-11H2,1-4H3/t13?,14?,15?,16-,17?,20+/m1/s1. The first kappa shape index (κ1) is 17.9. The molecule has 0 spiro atoms. The summed E-state index contributed by atoms with van der Waals surface area (Å²) in [5, 5.41) is 4.85. The Balaban J connectivity index is 1.64. The molecule has 3 heterocycles. The van der Waals surface area contributed by atoms with Crippen molar-refractivity contribution < 1.29 is 4.52 Å². The number of fused-ring (bicyclic) bond motifs is 2. The van der Waals surface area contributed by atoms with Crippen LogP contribution in [-0.4, -0.2) is 34.6 Å². The third kappa shape index (κ3) is 3.27. The van der Waals surface area contributed by atoms with Crippen LogP contribution in [0.1, 0.15) is 83.1 Å². The molecule has 1 aromatic rings. The Morgan fingerprint density at radius 3 is 2.48 bits per heavy atom. The van der Waals surface area contributed by atoms with Gasteiger partial charge in [-0.05, 0) is 63.8 Å². The van der Waals surface area contributed by atoms with Gasteiger partial charge in [-0.2, -0.15) is 0 Å². The molecular weight excluding hydrogens is 332 g/mol. The topological polar surface area (TPSA) is 29.3 Å². The lowest BCUT2D eigenvalue weighted by Gasteiger charge is -2.46. The van der Waals surface area contributed by atoms with Crippen molar-refractivity contribution in [1.29, 1.82) is 0 Å². The van der Waals surface area contributed by atoms with Gasteiger partial charge in [-0.25, -0.2) is 0 Å². The number of alkyl halides is 1. The number of halogens is 1. The van der Waals surface area contributed by atoms with Gasteiger partial charge in [-0.1, -0.05) is 25.9 Å². The van der Waals surface area contributed by atoms with Crippen molar-refractivity contribution in [2.24, 2.45) is 11.8 Å². The van der Waals surface area contributed by atoms with E-state index in [2.05, 4.69) is 43.9 Å². The van der Waals surface area contributed by atoms with Crippen molar-refractivity contribution in [3.05, 3.63) is 17.5 Å². The van der Waals surface area contributed by atoms with Gasteiger partial charge in [-0.3, -0.25) is 4.90 Å². The maximum Gasteiger partial charge on any atom is 0.141 e. The summed E-state index contributed by atoms with van der Waals surface area (Å²) >= 11 is 6.38. The highest BCUT2D eigenvalue weighted by Crippen LogP contribution is 2.52. The molecule has 4 rings (SSSR count). The van der Waals surface area contributed by atoms with Crippen molar-refractivity contribution >= 4 is 11.6 Å². The maximum absolute atomic E-state index is 6.38. The van der Waals surface area contributed by atoms with Crippen molar-refractivity contribution in [3.63, 3.8) is 0 Å². The van der Waals surface area contributed by atoms with Crippen LogP contribution < -0.4 is 0 Å². The first-order valence-electron chi connectivity index (χ1n) is 10.2. The molecule has 2 unspecified atom stereocenters. The molecule has 1 saturated carbocycles. The van der Waals surface area contributed by atoms with Crippen molar-refractivity contribution in [2.45, 2.75) is 94.5 Å². The van der Waals surface area contributed by atoms with Gasteiger partial charge in [0.05, 0.1) is 5.69 Å². The average molecular weight is 365 g/mol. The molecule has 1 aliphatic carbocycles. The molecule has 4 heteroatoms. The van der Waals surface area contributed by atoms with E-state index in [9.17, 15) is 0 Å². The van der Waals surface area contributed by atoms with E-state index in [0.29, 0.717) is 17.3 Å². The molecule has 0 amide bonds. The SMILES string of the molecule is CN1C2CCC1[C@@H](c1cc(C(C)(C)C)no1)[C@@H](C1CCC(Cl)CC1)C2. The minimum atomic E-state index is 0.0483. The largest absolute Gasteiger partial charge is 0.361 e. The van der Waals surface area contributed by atoms with Crippen LogP contribution in [0.25, 0.3) is 0 Å². The molecule has 3 nitrogen and oxygen atoms in total. The second-order valence-corrected chi connectivity index (χ2v) is 10.4. The van der Waals surface area contributed by atoms with Crippen LogP contribution in [0, 0.1) is 11.8 Å². The van der Waals surface area contributed by atoms with Crippen LogP contribution in [0.15, 0.2) is 10.6 Å². The Morgan fingerprint density at radius 2 is 1.84 bits per heavy atom. The first-order chi connectivity index (χ1) is 11.8. The molecule has 0 aromatic carbocycles. The maximum atomic E-state index is 6.38. The Bertz CT molecular complexity index is 599. The molecule has 2 saturated heterocycles. The number of hydrogen-bond donors (Lipinski definition) is 0. The lowest BCUT2D eigenvalue weighted by atomic mass is 9.67. The zero-order valence-corrected chi connectivity index (χ0v) is 16.9.